The van der Waals surface area contributed by atoms with Crippen LogP contribution in [0.4, 0.5) is 5.69 Å². The first-order valence-electron chi connectivity index (χ1n) is 6.43. The lowest BCUT2D eigenvalue weighted by atomic mass is 10.2. The van der Waals surface area contributed by atoms with Crippen molar-refractivity contribution in [2.24, 2.45) is 0 Å². The fourth-order valence-corrected chi connectivity index (χ4v) is 1.99. The van der Waals surface area contributed by atoms with E-state index in [0.717, 1.165) is 21.5 Å². The summed E-state index contributed by atoms with van der Waals surface area (Å²) in [6.07, 6.45) is 1.04. The van der Waals surface area contributed by atoms with Gasteiger partial charge in [-0.25, -0.2) is 0 Å². The predicted octanol–water partition coefficient (Wildman–Crippen LogP) is 3.34. The summed E-state index contributed by atoms with van der Waals surface area (Å²) in [6.45, 7) is 3.11. The van der Waals surface area contributed by atoms with Crippen LogP contribution in [0.5, 0.6) is 0 Å². The van der Waals surface area contributed by atoms with Gasteiger partial charge in [0, 0.05) is 16.7 Å². The molecule has 2 aromatic rings. The van der Waals surface area contributed by atoms with E-state index in [-0.39, 0.29) is 6.61 Å². The fourth-order valence-electron chi connectivity index (χ4n) is 1.74. The van der Waals surface area contributed by atoms with Crippen LogP contribution in [-0.2, 0) is 11.3 Å². The zero-order valence-electron chi connectivity index (χ0n) is 11.3. The van der Waals surface area contributed by atoms with E-state index in [1.807, 2.05) is 37.3 Å². The van der Waals surface area contributed by atoms with E-state index >= 15 is 0 Å². The molecule has 5 heteroatoms. The Hall–Kier alpha value is -1.30. The monoisotopic (exact) mass is 339 g/mol. The quantitative estimate of drug-likeness (QED) is 0.812. The first-order valence-corrected chi connectivity index (χ1v) is 7.22. The molecule has 2 rings (SSSR count). The summed E-state index contributed by atoms with van der Waals surface area (Å²) < 4.78 is 11.6. The molecule has 0 spiro atoms. The number of ether oxygens (including phenoxy) is 1. The third-order valence-electron chi connectivity index (χ3n) is 2.83. The highest BCUT2D eigenvalue weighted by atomic mass is 79.9. The van der Waals surface area contributed by atoms with E-state index in [1.165, 1.54) is 0 Å². The number of aliphatic hydroxyl groups excluding tert-OH is 1. The highest BCUT2D eigenvalue weighted by molar-refractivity contribution is 9.10. The van der Waals surface area contributed by atoms with Gasteiger partial charge in [0.2, 0.25) is 0 Å². The molecule has 1 aromatic heterocycles. The van der Waals surface area contributed by atoms with Crippen molar-refractivity contribution in [2.75, 3.05) is 18.5 Å². The average Bonchev–Trinajstić information content (AvgIpc) is 2.93. The van der Waals surface area contributed by atoms with Crippen LogP contribution in [0.25, 0.3) is 0 Å². The molecule has 0 bridgehead atoms. The number of hydrogen-bond acceptors (Lipinski definition) is 4. The highest BCUT2D eigenvalue weighted by Crippen LogP contribution is 2.19. The first kappa shape index (κ1) is 15.1. The van der Waals surface area contributed by atoms with Crippen LogP contribution in [0.15, 0.2) is 45.5 Å². The van der Waals surface area contributed by atoms with E-state index in [4.69, 9.17) is 9.15 Å². The maximum Gasteiger partial charge on any atom is 0.129 e. The summed E-state index contributed by atoms with van der Waals surface area (Å²) in [7, 11) is 0. The molecule has 1 heterocycles. The maximum absolute atomic E-state index is 9.84. The third kappa shape index (κ3) is 4.67. The van der Waals surface area contributed by atoms with Gasteiger partial charge in [0.15, 0.2) is 0 Å². The number of furan rings is 1. The summed E-state index contributed by atoms with van der Waals surface area (Å²) in [6, 6.07) is 9.63. The Morgan fingerprint density at radius 2 is 2.25 bits per heavy atom. The molecular formula is C15H18BrNO3. The molecule has 0 aliphatic heterocycles. The van der Waals surface area contributed by atoms with Crippen molar-refractivity contribution in [1.29, 1.82) is 0 Å². The number of halogens is 1. The summed E-state index contributed by atoms with van der Waals surface area (Å²) >= 11 is 3.46. The van der Waals surface area contributed by atoms with Crippen molar-refractivity contribution in [3.05, 3.63) is 52.4 Å². The summed E-state index contributed by atoms with van der Waals surface area (Å²) in [5, 5.41) is 13.0. The molecule has 1 aromatic carbocycles. The van der Waals surface area contributed by atoms with Gasteiger partial charge in [-0.05, 0) is 42.8 Å². The minimum Gasteiger partial charge on any atom is -0.467 e. The Kier molecular flexibility index (Phi) is 5.64. The van der Waals surface area contributed by atoms with Crippen LogP contribution in [-0.4, -0.2) is 24.4 Å². The Bertz CT molecular complexity index is 528. The number of rotatable bonds is 7. The summed E-state index contributed by atoms with van der Waals surface area (Å²) in [5.41, 5.74) is 2.13. The lowest BCUT2D eigenvalue weighted by molar-refractivity contribution is 0.0282. The normalized spacial score (nSPS) is 12.3. The molecule has 4 nitrogen and oxygen atoms in total. The topological polar surface area (TPSA) is 54.6 Å². The Morgan fingerprint density at radius 1 is 1.40 bits per heavy atom. The van der Waals surface area contributed by atoms with Crippen LogP contribution in [0.3, 0.4) is 0 Å². The molecule has 0 saturated carbocycles. The zero-order valence-corrected chi connectivity index (χ0v) is 12.9. The van der Waals surface area contributed by atoms with E-state index in [1.54, 1.807) is 6.26 Å². The Labute approximate surface area is 126 Å². The molecule has 2 N–H and O–H groups in total. The van der Waals surface area contributed by atoms with Crippen LogP contribution < -0.4 is 5.32 Å². The van der Waals surface area contributed by atoms with Gasteiger partial charge in [0.1, 0.15) is 12.4 Å². The smallest absolute Gasteiger partial charge is 0.129 e. The van der Waals surface area contributed by atoms with Crippen LogP contribution >= 0.6 is 15.9 Å². The lowest BCUT2D eigenvalue weighted by Gasteiger charge is -2.13. The second-order valence-electron chi connectivity index (χ2n) is 4.59. The van der Waals surface area contributed by atoms with Crippen LogP contribution in [0, 0.1) is 6.92 Å². The van der Waals surface area contributed by atoms with Gasteiger partial charge in [-0.15, -0.1) is 0 Å². The largest absolute Gasteiger partial charge is 0.467 e. The van der Waals surface area contributed by atoms with Crippen LogP contribution in [0.2, 0.25) is 0 Å². The van der Waals surface area contributed by atoms with Crippen molar-refractivity contribution >= 4 is 21.6 Å². The molecule has 0 fully saturated rings. The van der Waals surface area contributed by atoms with Crippen molar-refractivity contribution in [2.45, 2.75) is 19.6 Å². The average molecular weight is 340 g/mol. The van der Waals surface area contributed by atoms with Gasteiger partial charge < -0.3 is 19.6 Å². The molecule has 0 aliphatic rings. The zero-order chi connectivity index (χ0) is 14.4. The number of aliphatic hydroxyl groups is 1. The summed E-state index contributed by atoms with van der Waals surface area (Å²) in [4.78, 5) is 0. The first-order chi connectivity index (χ1) is 9.65. The van der Waals surface area contributed by atoms with Crippen molar-refractivity contribution in [3.63, 3.8) is 0 Å². The molecule has 1 atom stereocenters. The number of aryl methyl sites for hydroxylation is 1. The van der Waals surface area contributed by atoms with Gasteiger partial charge in [0.05, 0.1) is 19.0 Å². The molecule has 1 unspecified atom stereocenters. The fraction of sp³-hybridized carbons (Fsp3) is 0.333. The third-order valence-corrected chi connectivity index (χ3v) is 3.72. The van der Waals surface area contributed by atoms with Gasteiger partial charge in [-0.1, -0.05) is 15.9 Å². The molecule has 0 saturated heterocycles. The summed E-state index contributed by atoms with van der Waals surface area (Å²) in [5.74, 6) is 0.758. The minimum absolute atomic E-state index is 0.267. The number of nitrogens with one attached hydrogen (secondary N) is 1. The lowest BCUT2D eigenvalue weighted by Crippen LogP contribution is -2.24. The SMILES string of the molecule is Cc1cc(NCC(O)COCc2ccco2)ccc1Br. The molecular weight excluding hydrogens is 322 g/mol. The number of benzene rings is 1. The molecule has 0 amide bonds. The van der Waals surface area contributed by atoms with Gasteiger partial charge in [-0.2, -0.15) is 0 Å². The van der Waals surface area contributed by atoms with Crippen LogP contribution in [0.1, 0.15) is 11.3 Å². The van der Waals surface area contributed by atoms with Gasteiger partial charge in [0.25, 0.3) is 0 Å². The number of hydrogen-bond donors (Lipinski definition) is 2. The highest BCUT2D eigenvalue weighted by Gasteiger charge is 2.06. The van der Waals surface area contributed by atoms with Crippen molar-refractivity contribution < 1.29 is 14.3 Å². The van der Waals surface area contributed by atoms with Gasteiger partial charge >= 0.3 is 0 Å². The minimum atomic E-state index is -0.561. The number of anilines is 1. The Morgan fingerprint density at radius 3 is 2.95 bits per heavy atom. The Balaban J connectivity index is 1.69. The van der Waals surface area contributed by atoms with Crippen molar-refractivity contribution in [3.8, 4) is 0 Å². The van der Waals surface area contributed by atoms with E-state index < -0.39 is 6.10 Å². The standard InChI is InChI=1S/C15H18BrNO3/c1-11-7-12(4-5-15(11)16)17-8-13(18)9-19-10-14-3-2-6-20-14/h2-7,13,17-18H,8-10H2,1H3. The molecule has 0 aliphatic carbocycles. The molecule has 108 valence electrons. The van der Waals surface area contributed by atoms with Gasteiger partial charge in [-0.3, -0.25) is 0 Å². The second kappa shape index (κ2) is 7.47. The predicted molar refractivity (Wildman–Crippen MR) is 81.7 cm³/mol. The van der Waals surface area contributed by atoms with E-state index in [2.05, 4.69) is 21.2 Å². The molecule has 0 radical (unpaired) electrons. The van der Waals surface area contributed by atoms with Crippen molar-refractivity contribution in [1.82, 2.24) is 0 Å². The second-order valence-corrected chi connectivity index (χ2v) is 5.45. The van der Waals surface area contributed by atoms with E-state index in [9.17, 15) is 5.11 Å². The maximum atomic E-state index is 9.84. The molecule has 20 heavy (non-hydrogen) atoms. The van der Waals surface area contributed by atoms with E-state index in [0.29, 0.717) is 13.2 Å².